The zero-order chi connectivity index (χ0) is 7.56. The Morgan fingerprint density at radius 3 is 2.27 bits per heavy atom. The van der Waals surface area contributed by atoms with E-state index >= 15 is 0 Å². The molecule has 3 heteroatoms. The minimum atomic E-state index is 0. The molecule has 0 amide bonds. The van der Waals surface area contributed by atoms with Crippen LogP contribution in [0.5, 0.6) is 0 Å². The van der Waals surface area contributed by atoms with Crippen LogP contribution in [0.25, 0.3) is 6.08 Å². The third-order valence-electron chi connectivity index (χ3n) is 1.18. The average Bonchev–Trinajstić information content (AvgIpc) is 1.95. The van der Waals surface area contributed by atoms with Crippen LogP contribution in [0.1, 0.15) is 5.56 Å². The maximum absolute atomic E-state index is 5.71. The lowest BCUT2D eigenvalue weighted by Crippen LogP contribution is -1.71. The first kappa shape index (κ1) is 10.9. The van der Waals surface area contributed by atoms with Gasteiger partial charge in [0.25, 0.3) is 0 Å². The Balaban J connectivity index is 0.000001000. The van der Waals surface area contributed by atoms with Crippen LogP contribution in [0.4, 0.5) is 0 Å². The van der Waals surface area contributed by atoms with Gasteiger partial charge in [0.2, 0.25) is 0 Å². The van der Waals surface area contributed by atoms with Crippen LogP contribution in [-0.4, -0.2) is 0 Å². The van der Waals surface area contributed by atoms with Gasteiger partial charge in [-0.1, -0.05) is 41.9 Å². The van der Waals surface area contributed by atoms with E-state index in [0.29, 0.717) is 10.0 Å². The maximum atomic E-state index is 5.71. The molecule has 0 atom stereocenters. The fourth-order valence-corrected chi connectivity index (χ4v) is 0.946. The predicted octanol–water partition coefficient (Wildman–Crippen LogP) is 3.75. The number of halogens is 2. The molecule has 0 radical (unpaired) electrons. The molecule has 0 nitrogen and oxygen atoms in total. The van der Waals surface area contributed by atoms with Crippen molar-refractivity contribution < 1.29 is 0 Å². The fraction of sp³-hybridized carbons (Fsp3) is 0. The Labute approximate surface area is 83.3 Å². The van der Waals surface area contributed by atoms with E-state index in [4.69, 9.17) is 23.2 Å². The van der Waals surface area contributed by atoms with Crippen LogP contribution in [-0.2, 0) is 0 Å². The Morgan fingerprint density at radius 1 is 1.18 bits per heavy atom. The van der Waals surface area contributed by atoms with Crippen molar-refractivity contribution in [3.63, 3.8) is 0 Å². The predicted molar refractivity (Wildman–Crippen MR) is 56.9 cm³/mol. The van der Waals surface area contributed by atoms with E-state index in [-0.39, 0.29) is 13.5 Å². The van der Waals surface area contributed by atoms with Crippen molar-refractivity contribution in [2.45, 2.75) is 0 Å². The van der Waals surface area contributed by atoms with Crippen molar-refractivity contribution in [3.05, 3.63) is 40.4 Å². The van der Waals surface area contributed by atoms with Gasteiger partial charge < -0.3 is 0 Å². The van der Waals surface area contributed by atoms with E-state index in [0.717, 1.165) is 5.56 Å². The second kappa shape index (κ2) is 4.70. The van der Waals surface area contributed by atoms with E-state index in [9.17, 15) is 0 Å². The SMILES string of the molecule is C=Cc1ccc(Cl)c(Cl)c1.S. The van der Waals surface area contributed by atoms with E-state index in [1.165, 1.54) is 0 Å². The molecule has 1 aromatic carbocycles. The molecule has 0 aliphatic carbocycles. The minimum Gasteiger partial charge on any atom is -0.197 e. The molecule has 0 saturated carbocycles. The third kappa shape index (κ3) is 2.78. The summed E-state index contributed by atoms with van der Waals surface area (Å²) in [5.74, 6) is 0. The molecule has 0 aliphatic heterocycles. The third-order valence-corrected chi connectivity index (χ3v) is 1.92. The number of hydrogen-bond acceptors (Lipinski definition) is 0. The summed E-state index contributed by atoms with van der Waals surface area (Å²) < 4.78 is 0. The topological polar surface area (TPSA) is 0 Å². The van der Waals surface area contributed by atoms with Gasteiger partial charge in [0.1, 0.15) is 0 Å². The highest BCUT2D eigenvalue weighted by molar-refractivity contribution is 7.59. The molecular weight excluding hydrogens is 199 g/mol. The van der Waals surface area contributed by atoms with Crippen molar-refractivity contribution in [1.29, 1.82) is 0 Å². The summed E-state index contributed by atoms with van der Waals surface area (Å²) in [4.78, 5) is 0. The van der Waals surface area contributed by atoms with Gasteiger partial charge in [-0.25, -0.2) is 0 Å². The van der Waals surface area contributed by atoms with Gasteiger partial charge in [-0.05, 0) is 17.7 Å². The summed E-state index contributed by atoms with van der Waals surface area (Å²) in [6.07, 6.45) is 1.72. The number of rotatable bonds is 1. The number of hydrogen-bond donors (Lipinski definition) is 0. The first-order valence-corrected chi connectivity index (χ1v) is 3.57. The second-order valence-corrected chi connectivity index (χ2v) is 2.69. The van der Waals surface area contributed by atoms with Gasteiger partial charge >= 0.3 is 0 Å². The fourth-order valence-electron chi connectivity index (χ4n) is 0.639. The van der Waals surface area contributed by atoms with Gasteiger partial charge in [0.05, 0.1) is 10.0 Å². The number of benzene rings is 1. The zero-order valence-electron chi connectivity index (χ0n) is 5.77. The summed E-state index contributed by atoms with van der Waals surface area (Å²) >= 11 is 11.4. The molecule has 0 heterocycles. The minimum absolute atomic E-state index is 0. The van der Waals surface area contributed by atoms with Crippen LogP contribution < -0.4 is 0 Å². The Bertz CT molecular complexity index is 258. The molecular formula is C8H8Cl2S. The van der Waals surface area contributed by atoms with E-state index in [1.54, 1.807) is 18.2 Å². The van der Waals surface area contributed by atoms with Crippen molar-refractivity contribution in [2.24, 2.45) is 0 Å². The van der Waals surface area contributed by atoms with Crippen LogP contribution in [0, 0.1) is 0 Å². The van der Waals surface area contributed by atoms with Gasteiger partial charge in [0, 0.05) is 0 Å². The molecule has 0 N–H and O–H groups in total. The van der Waals surface area contributed by atoms with Gasteiger partial charge in [-0.3, -0.25) is 0 Å². The molecule has 0 aromatic heterocycles. The smallest absolute Gasteiger partial charge is 0.0598 e. The molecule has 1 rings (SSSR count). The molecule has 0 bridgehead atoms. The molecule has 0 aliphatic rings. The van der Waals surface area contributed by atoms with E-state index in [2.05, 4.69) is 6.58 Å². The van der Waals surface area contributed by atoms with Gasteiger partial charge in [-0.15, -0.1) is 0 Å². The summed E-state index contributed by atoms with van der Waals surface area (Å²) in [6, 6.07) is 5.39. The van der Waals surface area contributed by atoms with Crippen molar-refractivity contribution in [1.82, 2.24) is 0 Å². The van der Waals surface area contributed by atoms with Crippen molar-refractivity contribution in [3.8, 4) is 0 Å². The first-order valence-electron chi connectivity index (χ1n) is 2.81. The van der Waals surface area contributed by atoms with Crippen LogP contribution in [0.15, 0.2) is 24.8 Å². The molecule has 0 unspecified atom stereocenters. The monoisotopic (exact) mass is 206 g/mol. The highest BCUT2D eigenvalue weighted by Crippen LogP contribution is 2.22. The summed E-state index contributed by atoms with van der Waals surface area (Å²) in [5, 5.41) is 1.14. The summed E-state index contributed by atoms with van der Waals surface area (Å²) in [7, 11) is 0. The zero-order valence-corrected chi connectivity index (χ0v) is 8.28. The normalized spacial score (nSPS) is 8.55. The van der Waals surface area contributed by atoms with Crippen LogP contribution in [0.3, 0.4) is 0 Å². The molecule has 0 spiro atoms. The quantitative estimate of drug-likeness (QED) is 0.657. The molecule has 1 aromatic rings. The standard InChI is InChI=1S/C8H6Cl2.H2S/c1-2-6-3-4-7(9)8(10)5-6;/h2-5H,1H2;1H2. The lowest BCUT2D eigenvalue weighted by atomic mass is 10.2. The largest absolute Gasteiger partial charge is 0.197 e. The first-order chi connectivity index (χ1) is 4.74. The van der Waals surface area contributed by atoms with Crippen LogP contribution in [0.2, 0.25) is 10.0 Å². The average molecular weight is 207 g/mol. The molecule has 0 saturated heterocycles. The lowest BCUT2D eigenvalue weighted by molar-refractivity contribution is 1.66. The maximum Gasteiger partial charge on any atom is 0.0598 e. The highest BCUT2D eigenvalue weighted by Gasteiger charge is 1.94. The van der Waals surface area contributed by atoms with Gasteiger partial charge in [-0.2, -0.15) is 13.5 Å². The van der Waals surface area contributed by atoms with E-state index < -0.39 is 0 Å². The Hall–Kier alpha value is -0.110. The summed E-state index contributed by atoms with van der Waals surface area (Å²) in [6.45, 7) is 3.60. The summed E-state index contributed by atoms with van der Waals surface area (Å²) in [5.41, 5.74) is 0.981. The second-order valence-electron chi connectivity index (χ2n) is 1.88. The Morgan fingerprint density at radius 2 is 1.82 bits per heavy atom. The van der Waals surface area contributed by atoms with Gasteiger partial charge in [0.15, 0.2) is 0 Å². The highest BCUT2D eigenvalue weighted by atomic mass is 35.5. The molecule has 11 heavy (non-hydrogen) atoms. The molecule has 60 valence electrons. The van der Waals surface area contributed by atoms with E-state index in [1.807, 2.05) is 6.07 Å². The van der Waals surface area contributed by atoms with Crippen LogP contribution >= 0.6 is 36.7 Å². The molecule has 0 fully saturated rings. The van der Waals surface area contributed by atoms with Crippen molar-refractivity contribution in [2.75, 3.05) is 0 Å². The lowest BCUT2D eigenvalue weighted by Gasteiger charge is -1.95. The van der Waals surface area contributed by atoms with Crippen molar-refractivity contribution >= 4 is 42.8 Å². The Kier molecular flexibility index (Phi) is 4.66.